The summed E-state index contributed by atoms with van der Waals surface area (Å²) < 4.78 is 38.7. The van der Waals surface area contributed by atoms with Crippen LogP contribution in [-0.2, 0) is 19.4 Å². The zero-order valence-electron chi connectivity index (χ0n) is 15.6. The quantitative estimate of drug-likeness (QED) is 0.441. The van der Waals surface area contributed by atoms with Gasteiger partial charge in [0.05, 0.1) is 23.1 Å². The lowest BCUT2D eigenvalue weighted by molar-refractivity contribution is -0.141. The van der Waals surface area contributed by atoms with Crippen LogP contribution in [0.5, 0.6) is 0 Å². The molecule has 1 amide bonds. The van der Waals surface area contributed by atoms with E-state index in [1.54, 1.807) is 6.07 Å². The fourth-order valence-electron chi connectivity index (χ4n) is 3.99. The minimum Gasteiger partial charge on any atom is -0.507 e. The van der Waals surface area contributed by atoms with Crippen LogP contribution in [0.4, 0.5) is 4.39 Å². The van der Waals surface area contributed by atoms with E-state index in [-0.39, 0.29) is 34.6 Å². The Balaban J connectivity index is 1.91. The summed E-state index contributed by atoms with van der Waals surface area (Å²) in [4.78, 5) is 26.9. The van der Waals surface area contributed by atoms with E-state index >= 15 is 0 Å². The molecular weight excluding hydrogens is 433 g/mol. The summed E-state index contributed by atoms with van der Waals surface area (Å²) in [6, 6.07) is 9.55. The van der Waals surface area contributed by atoms with Gasteiger partial charge in [-0.1, -0.05) is 29.8 Å². The molecule has 4 rings (SSSR count). The number of benzene rings is 2. The molecule has 0 aliphatic carbocycles. The van der Waals surface area contributed by atoms with Crippen molar-refractivity contribution in [3.8, 4) is 0 Å². The number of halogens is 2. The summed E-state index contributed by atoms with van der Waals surface area (Å²) in [5, 5.41) is 11.3. The summed E-state index contributed by atoms with van der Waals surface area (Å²) in [5.74, 6) is -3.52. The van der Waals surface area contributed by atoms with Crippen molar-refractivity contribution >= 4 is 38.9 Å². The molecule has 0 bridgehead atoms. The maximum atomic E-state index is 14.7. The molecule has 2 aromatic rings. The first kappa shape index (κ1) is 20.6. The molecule has 2 heterocycles. The van der Waals surface area contributed by atoms with Crippen LogP contribution in [0.15, 0.2) is 54.1 Å². The lowest BCUT2D eigenvalue weighted by Crippen LogP contribution is -2.40. The van der Waals surface area contributed by atoms with Gasteiger partial charge in [-0.3, -0.25) is 9.59 Å². The zero-order chi connectivity index (χ0) is 21.6. The van der Waals surface area contributed by atoms with E-state index in [1.807, 2.05) is 0 Å². The summed E-state index contributed by atoms with van der Waals surface area (Å²) in [7, 11) is -3.38. The fraction of sp³-hybridized carbons (Fsp3) is 0.238. The number of likely N-dealkylation sites (tertiary alicyclic amines) is 1. The SMILES string of the molecule is O=C1C(=O)N([C@H]2CCS(=O)(=O)C2)[C@H](c2ccccc2F)C1=C(O)c1ccc(Cl)cc1. The van der Waals surface area contributed by atoms with Crippen molar-refractivity contribution in [2.75, 3.05) is 11.5 Å². The van der Waals surface area contributed by atoms with Crippen molar-refractivity contribution < 1.29 is 27.5 Å². The molecule has 0 saturated carbocycles. The molecule has 2 aliphatic heterocycles. The van der Waals surface area contributed by atoms with E-state index in [2.05, 4.69) is 0 Å². The first-order valence-electron chi connectivity index (χ1n) is 9.20. The number of sulfone groups is 1. The summed E-state index contributed by atoms with van der Waals surface area (Å²) >= 11 is 5.88. The van der Waals surface area contributed by atoms with Crippen molar-refractivity contribution in [1.82, 2.24) is 4.90 Å². The fourth-order valence-corrected chi connectivity index (χ4v) is 5.82. The Kier molecular flexibility index (Phi) is 5.15. The summed E-state index contributed by atoms with van der Waals surface area (Å²) in [5.41, 5.74) is -0.0361. The second kappa shape index (κ2) is 7.52. The molecule has 0 radical (unpaired) electrons. The third-order valence-electron chi connectivity index (χ3n) is 5.40. The molecule has 0 aromatic heterocycles. The number of aliphatic hydroxyl groups excluding tert-OH is 1. The van der Waals surface area contributed by atoms with E-state index in [1.165, 1.54) is 42.5 Å². The van der Waals surface area contributed by atoms with Crippen LogP contribution < -0.4 is 0 Å². The molecule has 0 spiro atoms. The minimum absolute atomic E-state index is 0.0107. The summed E-state index contributed by atoms with van der Waals surface area (Å²) in [6.45, 7) is 0. The number of nitrogens with zero attached hydrogens (tertiary/aromatic N) is 1. The number of rotatable bonds is 3. The maximum Gasteiger partial charge on any atom is 0.295 e. The number of hydrogen-bond acceptors (Lipinski definition) is 5. The molecular formula is C21H17ClFNO5S. The van der Waals surface area contributed by atoms with Crippen LogP contribution in [0.25, 0.3) is 5.76 Å². The van der Waals surface area contributed by atoms with Gasteiger partial charge in [-0.25, -0.2) is 12.8 Å². The molecule has 2 aliphatic rings. The molecule has 1 N–H and O–H groups in total. The number of carbonyl (C=O) groups excluding carboxylic acids is 2. The highest BCUT2D eigenvalue weighted by molar-refractivity contribution is 7.91. The molecule has 30 heavy (non-hydrogen) atoms. The van der Waals surface area contributed by atoms with Crippen LogP contribution in [0, 0.1) is 5.82 Å². The number of aliphatic hydroxyl groups is 1. The smallest absolute Gasteiger partial charge is 0.295 e. The second-order valence-electron chi connectivity index (χ2n) is 7.29. The highest BCUT2D eigenvalue weighted by atomic mass is 35.5. The van der Waals surface area contributed by atoms with Gasteiger partial charge in [0.15, 0.2) is 9.84 Å². The molecule has 2 atom stereocenters. The molecule has 2 saturated heterocycles. The number of amides is 1. The highest BCUT2D eigenvalue weighted by Gasteiger charge is 2.51. The van der Waals surface area contributed by atoms with Crippen molar-refractivity contribution in [3.05, 3.63) is 76.1 Å². The maximum absolute atomic E-state index is 14.7. The van der Waals surface area contributed by atoms with E-state index in [9.17, 15) is 27.5 Å². The molecule has 156 valence electrons. The normalized spacial score (nSPS) is 25.1. The monoisotopic (exact) mass is 449 g/mol. The van der Waals surface area contributed by atoms with Gasteiger partial charge in [0, 0.05) is 22.2 Å². The predicted octanol–water partition coefficient (Wildman–Crippen LogP) is 3.09. The van der Waals surface area contributed by atoms with Gasteiger partial charge in [-0.15, -0.1) is 0 Å². The Labute approximate surface area is 177 Å². The molecule has 9 heteroatoms. The Morgan fingerprint density at radius 1 is 1.10 bits per heavy atom. The van der Waals surface area contributed by atoms with E-state index < -0.39 is 45.2 Å². The number of Topliss-reactive ketones (excluding diaryl/α,β-unsaturated/α-hetero) is 1. The van der Waals surface area contributed by atoms with Crippen LogP contribution in [0.3, 0.4) is 0 Å². The van der Waals surface area contributed by atoms with Crippen LogP contribution in [0.1, 0.15) is 23.6 Å². The van der Waals surface area contributed by atoms with Crippen LogP contribution >= 0.6 is 11.6 Å². The molecule has 2 aromatic carbocycles. The first-order chi connectivity index (χ1) is 14.2. The van der Waals surface area contributed by atoms with Gasteiger partial charge in [0.2, 0.25) is 0 Å². The average Bonchev–Trinajstić information content (AvgIpc) is 3.19. The van der Waals surface area contributed by atoms with Gasteiger partial charge in [-0.05, 0) is 36.8 Å². The Bertz CT molecular complexity index is 1180. The van der Waals surface area contributed by atoms with Gasteiger partial charge < -0.3 is 10.0 Å². The zero-order valence-corrected chi connectivity index (χ0v) is 17.2. The number of hydrogen-bond donors (Lipinski definition) is 1. The third-order valence-corrected chi connectivity index (χ3v) is 7.40. The van der Waals surface area contributed by atoms with Gasteiger partial charge in [0.1, 0.15) is 11.6 Å². The second-order valence-corrected chi connectivity index (χ2v) is 9.96. The first-order valence-corrected chi connectivity index (χ1v) is 11.4. The Morgan fingerprint density at radius 3 is 2.37 bits per heavy atom. The lowest BCUT2D eigenvalue weighted by Gasteiger charge is -2.30. The third kappa shape index (κ3) is 3.50. The number of ketones is 1. The van der Waals surface area contributed by atoms with Crippen LogP contribution in [-0.4, -0.2) is 47.7 Å². The predicted molar refractivity (Wildman–Crippen MR) is 109 cm³/mol. The van der Waals surface area contributed by atoms with Crippen LogP contribution in [0.2, 0.25) is 5.02 Å². The molecule has 6 nitrogen and oxygen atoms in total. The summed E-state index contributed by atoms with van der Waals surface area (Å²) in [6.07, 6.45) is 0.140. The largest absolute Gasteiger partial charge is 0.507 e. The molecule has 2 fully saturated rings. The standard InChI is InChI=1S/C21H17ClFNO5S/c22-13-7-5-12(6-8-13)19(25)17-18(15-3-1-2-4-16(15)23)24(21(27)20(17)26)14-9-10-30(28,29)11-14/h1-8,14,18,25H,9-11H2/t14-,18+/m0/s1. The van der Waals surface area contributed by atoms with Crippen molar-refractivity contribution in [1.29, 1.82) is 0 Å². The Morgan fingerprint density at radius 2 is 1.77 bits per heavy atom. The number of carbonyl (C=O) groups is 2. The van der Waals surface area contributed by atoms with Gasteiger partial charge >= 0.3 is 0 Å². The van der Waals surface area contributed by atoms with Gasteiger partial charge in [-0.2, -0.15) is 0 Å². The minimum atomic E-state index is -3.38. The molecule has 0 unspecified atom stereocenters. The topological polar surface area (TPSA) is 91.8 Å². The lowest BCUT2D eigenvalue weighted by atomic mass is 9.94. The van der Waals surface area contributed by atoms with Crippen molar-refractivity contribution in [3.63, 3.8) is 0 Å². The Hall–Kier alpha value is -2.71. The average molecular weight is 450 g/mol. The van der Waals surface area contributed by atoms with E-state index in [4.69, 9.17) is 11.6 Å². The highest BCUT2D eigenvalue weighted by Crippen LogP contribution is 2.43. The van der Waals surface area contributed by atoms with Crippen molar-refractivity contribution in [2.24, 2.45) is 0 Å². The van der Waals surface area contributed by atoms with E-state index in [0.29, 0.717) is 5.02 Å². The van der Waals surface area contributed by atoms with Crippen molar-refractivity contribution in [2.45, 2.75) is 18.5 Å². The van der Waals surface area contributed by atoms with Gasteiger partial charge in [0.25, 0.3) is 11.7 Å². The van der Waals surface area contributed by atoms with E-state index in [0.717, 1.165) is 4.90 Å².